The normalized spacial score (nSPS) is 26.5. The van der Waals surface area contributed by atoms with Gasteiger partial charge in [-0.2, -0.15) is 5.26 Å². The molecule has 3 atom stereocenters. The fourth-order valence-electron chi connectivity index (χ4n) is 3.30. The van der Waals surface area contributed by atoms with E-state index in [4.69, 9.17) is 10.00 Å². The van der Waals surface area contributed by atoms with Gasteiger partial charge in [0.15, 0.2) is 0 Å². The number of aromatic nitrogens is 1. The van der Waals surface area contributed by atoms with Crippen molar-refractivity contribution in [3.05, 3.63) is 23.9 Å². The van der Waals surface area contributed by atoms with Crippen molar-refractivity contribution in [2.45, 2.75) is 31.0 Å². The van der Waals surface area contributed by atoms with Crippen LogP contribution in [0.2, 0.25) is 0 Å². The second kappa shape index (κ2) is 7.16. The summed E-state index contributed by atoms with van der Waals surface area (Å²) >= 11 is 0. The van der Waals surface area contributed by atoms with Crippen molar-refractivity contribution in [3.63, 3.8) is 0 Å². The third-order valence-electron chi connectivity index (χ3n) is 4.64. The molecule has 2 aliphatic rings. The molecule has 7 heteroatoms. The lowest BCUT2D eigenvalue weighted by molar-refractivity contribution is -0.134. The largest absolute Gasteiger partial charge is 0.375 e. The van der Waals surface area contributed by atoms with Crippen LogP contribution >= 0.6 is 0 Å². The van der Waals surface area contributed by atoms with E-state index >= 15 is 0 Å². The van der Waals surface area contributed by atoms with E-state index in [-0.39, 0.29) is 12.0 Å². The van der Waals surface area contributed by atoms with Gasteiger partial charge in [0.05, 0.1) is 24.7 Å². The number of fused-ring (bicyclic) bond motifs is 1. The maximum atomic E-state index is 11.8. The molecular weight excluding hydrogens is 306 g/mol. The molecule has 1 N–H and O–H groups in total. The minimum Gasteiger partial charge on any atom is -0.375 e. The Morgan fingerprint density at radius 3 is 3.00 bits per heavy atom. The fourth-order valence-corrected chi connectivity index (χ4v) is 3.30. The van der Waals surface area contributed by atoms with Crippen LogP contribution < -0.4 is 5.32 Å². The van der Waals surface area contributed by atoms with Crippen LogP contribution in [0.1, 0.15) is 18.4 Å². The number of nitrogens with one attached hydrogen (secondary N) is 1. The second-order valence-corrected chi connectivity index (χ2v) is 6.68. The molecule has 7 nitrogen and oxygen atoms in total. The van der Waals surface area contributed by atoms with Gasteiger partial charge in [-0.15, -0.1) is 0 Å². The molecule has 1 aromatic heterocycles. The molecule has 0 saturated carbocycles. The average Bonchev–Trinajstić information content (AvgIpc) is 2.97. The molecular formula is C17H23N5O2. The second-order valence-electron chi connectivity index (χ2n) is 6.68. The summed E-state index contributed by atoms with van der Waals surface area (Å²) in [5.74, 6) is 0.896. The molecule has 1 aromatic rings. The summed E-state index contributed by atoms with van der Waals surface area (Å²) in [5.41, 5.74) is 0.561. The smallest absolute Gasteiger partial charge is 0.224 e. The molecule has 0 aromatic carbocycles. The first-order valence-corrected chi connectivity index (χ1v) is 8.23. The molecule has 1 amide bonds. The van der Waals surface area contributed by atoms with Crippen LogP contribution in [0.5, 0.6) is 0 Å². The van der Waals surface area contributed by atoms with E-state index in [0.717, 1.165) is 25.3 Å². The molecule has 3 heterocycles. The van der Waals surface area contributed by atoms with Crippen LogP contribution in [-0.2, 0) is 9.53 Å². The van der Waals surface area contributed by atoms with E-state index < -0.39 is 0 Å². The molecule has 128 valence electrons. The van der Waals surface area contributed by atoms with Crippen LogP contribution in [0.3, 0.4) is 0 Å². The van der Waals surface area contributed by atoms with Crippen molar-refractivity contribution in [1.29, 1.82) is 5.26 Å². The van der Waals surface area contributed by atoms with Gasteiger partial charge in [0.1, 0.15) is 11.9 Å². The quantitative estimate of drug-likeness (QED) is 0.875. The zero-order valence-electron chi connectivity index (χ0n) is 14.1. The number of morpholine rings is 1. The molecule has 0 radical (unpaired) electrons. The molecule has 3 rings (SSSR count). The minimum absolute atomic E-state index is 0.0251. The van der Waals surface area contributed by atoms with Crippen molar-refractivity contribution in [1.82, 2.24) is 14.8 Å². The van der Waals surface area contributed by atoms with Gasteiger partial charge >= 0.3 is 0 Å². The van der Waals surface area contributed by atoms with Crippen LogP contribution in [0.15, 0.2) is 18.3 Å². The topological polar surface area (TPSA) is 81.5 Å². The third-order valence-corrected chi connectivity index (χ3v) is 4.64. The van der Waals surface area contributed by atoms with Crippen LogP contribution in [0, 0.1) is 11.3 Å². The van der Waals surface area contributed by atoms with Gasteiger partial charge in [0, 0.05) is 45.5 Å². The van der Waals surface area contributed by atoms with E-state index in [1.807, 2.05) is 6.07 Å². The number of carbonyl (C=O) groups excluding carboxylic acids is 1. The molecule has 0 bridgehead atoms. The summed E-state index contributed by atoms with van der Waals surface area (Å²) in [4.78, 5) is 20.1. The Balaban J connectivity index is 1.53. The lowest BCUT2D eigenvalue weighted by atomic mass is 10.1. The maximum absolute atomic E-state index is 11.8. The Bertz CT molecular complexity index is 625. The predicted molar refractivity (Wildman–Crippen MR) is 89.4 cm³/mol. The summed E-state index contributed by atoms with van der Waals surface area (Å²) in [6.45, 7) is 2.38. The maximum Gasteiger partial charge on any atom is 0.224 e. The lowest BCUT2D eigenvalue weighted by Gasteiger charge is -2.35. The van der Waals surface area contributed by atoms with Crippen LogP contribution in [-0.4, -0.2) is 72.7 Å². The number of amides is 1. The summed E-state index contributed by atoms with van der Waals surface area (Å²) in [7, 11) is 3.54. The SMILES string of the molecule is CN(C)C(=O)C[C@H]1CN2C[C@H](Nc3ccc(C#N)cn3)C[C@H]2CO1. The minimum atomic E-state index is -0.0251. The van der Waals surface area contributed by atoms with Gasteiger partial charge in [0.25, 0.3) is 0 Å². The highest BCUT2D eigenvalue weighted by atomic mass is 16.5. The molecule has 2 fully saturated rings. The summed E-state index contributed by atoms with van der Waals surface area (Å²) in [5, 5.41) is 12.2. The lowest BCUT2D eigenvalue weighted by Crippen LogP contribution is -2.47. The van der Waals surface area contributed by atoms with Gasteiger partial charge in [-0.25, -0.2) is 4.98 Å². The Morgan fingerprint density at radius 2 is 2.33 bits per heavy atom. The number of nitrogens with zero attached hydrogens (tertiary/aromatic N) is 4. The van der Waals surface area contributed by atoms with Crippen LogP contribution in [0.4, 0.5) is 5.82 Å². The van der Waals surface area contributed by atoms with Gasteiger partial charge < -0.3 is 15.0 Å². The van der Waals surface area contributed by atoms with E-state index in [2.05, 4.69) is 21.3 Å². The van der Waals surface area contributed by atoms with Crippen LogP contribution in [0.25, 0.3) is 0 Å². The molecule has 0 aliphatic carbocycles. The highest BCUT2D eigenvalue weighted by Crippen LogP contribution is 2.26. The number of pyridine rings is 1. The first-order valence-electron chi connectivity index (χ1n) is 8.23. The van der Waals surface area contributed by atoms with E-state index in [0.29, 0.717) is 30.7 Å². The molecule has 2 aliphatic heterocycles. The summed E-state index contributed by atoms with van der Waals surface area (Å²) < 4.78 is 5.87. The fraction of sp³-hybridized carbons (Fsp3) is 0.588. The van der Waals surface area contributed by atoms with Crippen molar-refractivity contribution < 1.29 is 9.53 Å². The van der Waals surface area contributed by atoms with E-state index in [1.165, 1.54) is 0 Å². The molecule has 0 unspecified atom stereocenters. The van der Waals surface area contributed by atoms with Gasteiger partial charge in [-0.1, -0.05) is 0 Å². The number of anilines is 1. The Morgan fingerprint density at radius 1 is 1.50 bits per heavy atom. The number of rotatable bonds is 4. The number of hydrogen-bond donors (Lipinski definition) is 1. The Hall–Kier alpha value is -2.17. The summed E-state index contributed by atoms with van der Waals surface area (Å²) in [6, 6.07) is 6.38. The van der Waals surface area contributed by atoms with Gasteiger partial charge in [-0.3, -0.25) is 9.69 Å². The van der Waals surface area contributed by atoms with Crippen molar-refractivity contribution in [2.75, 3.05) is 39.1 Å². The Labute approximate surface area is 142 Å². The average molecular weight is 329 g/mol. The number of ether oxygens (including phenoxy) is 1. The number of carbonyl (C=O) groups is 1. The third kappa shape index (κ3) is 3.83. The highest BCUT2D eigenvalue weighted by molar-refractivity contribution is 5.76. The zero-order valence-corrected chi connectivity index (χ0v) is 14.1. The first kappa shape index (κ1) is 16.7. The predicted octanol–water partition coefficient (Wildman–Crippen LogP) is 0.685. The molecule has 24 heavy (non-hydrogen) atoms. The zero-order chi connectivity index (χ0) is 17.1. The first-order chi connectivity index (χ1) is 11.5. The Kier molecular flexibility index (Phi) is 4.97. The number of nitriles is 1. The van der Waals surface area contributed by atoms with Gasteiger partial charge in [0.2, 0.25) is 5.91 Å². The van der Waals surface area contributed by atoms with Crippen molar-refractivity contribution >= 4 is 11.7 Å². The number of hydrogen-bond acceptors (Lipinski definition) is 6. The summed E-state index contributed by atoms with van der Waals surface area (Å²) in [6.07, 6.45) is 2.99. The monoisotopic (exact) mass is 329 g/mol. The van der Waals surface area contributed by atoms with Crippen molar-refractivity contribution in [3.8, 4) is 6.07 Å². The standard InChI is InChI=1S/C17H23N5O2/c1-21(2)17(23)6-15-10-22-9-13(5-14(22)11-24-15)20-16-4-3-12(7-18)8-19-16/h3-4,8,13-15H,5-6,9-11H2,1-2H3,(H,19,20)/t13-,14+,15+/m1/s1. The van der Waals surface area contributed by atoms with E-state index in [9.17, 15) is 4.79 Å². The van der Waals surface area contributed by atoms with Crippen molar-refractivity contribution in [2.24, 2.45) is 0 Å². The molecule has 2 saturated heterocycles. The van der Waals surface area contributed by atoms with Gasteiger partial charge in [-0.05, 0) is 18.6 Å². The highest BCUT2D eigenvalue weighted by Gasteiger charge is 2.38. The molecule has 0 spiro atoms. The van der Waals surface area contributed by atoms with E-state index in [1.54, 1.807) is 31.3 Å².